The van der Waals surface area contributed by atoms with Crippen LogP contribution in [-0.4, -0.2) is 34.7 Å². The average molecular weight is 380 g/mol. The maximum atomic E-state index is 12.5. The fraction of sp³-hybridized carbons (Fsp3) is 0.238. The predicted octanol–water partition coefficient (Wildman–Crippen LogP) is 2.85. The second-order valence-corrected chi connectivity index (χ2v) is 5.97. The number of nitrogens with zero attached hydrogens (tertiary/aromatic N) is 2. The second kappa shape index (κ2) is 8.47. The Morgan fingerprint density at radius 3 is 2.32 bits per heavy atom. The summed E-state index contributed by atoms with van der Waals surface area (Å²) in [5.41, 5.74) is 0.143. The molecule has 0 unspecified atom stereocenters. The summed E-state index contributed by atoms with van der Waals surface area (Å²) in [5.74, 6) is -0.434. The number of esters is 1. The highest BCUT2D eigenvalue weighted by molar-refractivity contribution is 6.04. The van der Waals surface area contributed by atoms with Gasteiger partial charge >= 0.3 is 5.97 Å². The molecule has 0 radical (unpaired) electrons. The van der Waals surface area contributed by atoms with E-state index in [1.54, 1.807) is 55.5 Å². The Morgan fingerprint density at radius 2 is 1.68 bits per heavy atom. The third-order valence-corrected chi connectivity index (χ3v) is 4.18. The molecule has 0 bridgehead atoms. The van der Waals surface area contributed by atoms with Crippen LogP contribution in [0.3, 0.4) is 0 Å². The fourth-order valence-corrected chi connectivity index (χ4v) is 2.79. The SMILES string of the molecule is CCOc1ccc(C(=O)COC(=O)c2nn(CC)c(=O)c3ccccc23)cc1. The number of ether oxygens (including phenoxy) is 2. The van der Waals surface area contributed by atoms with Gasteiger partial charge in [0.1, 0.15) is 5.75 Å². The van der Waals surface area contributed by atoms with Gasteiger partial charge in [0.15, 0.2) is 18.1 Å². The molecule has 7 heteroatoms. The summed E-state index contributed by atoms with van der Waals surface area (Å²) in [6.07, 6.45) is 0. The van der Waals surface area contributed by atoms with E-state index in [9.17, 15) is 14.4 Å². The van der Waals surface area contributed by atoms with Crippen molar-refractivity contribution in [2.75, 3.05) is 13.2 Å². The van der Waals surface area contributed by atoms with Crippen molar-refractivity contribution in [3.05, 3.63) is 70.1 Å². The average Bonchev–Trinajstić information content (AvgIpc) is 2.73. The molecule has 3 aromatic rings. The zero-order valence-corrected chi connectivity index (χ0v) is 15.7. The predicted molar refractivity (Wildman–Crippen MR) is 104 cm³/mol. The molecule has 0 aliphatic rings. The van der Waals surface area contributed by atoms with Crippen LogP contribution in [0, 0.1) is 0 Å². The highest BCUT2D eigenvalue weighted by Gasteiger charge is 2.19. The first kappa shape index (κ1) is 19.3. The molecule has 7 nitrogen and oxygen atoms in total. The zero-order chi connectivity index (χ0) is 20.1. The Kier molecular flexibility index (Phi) is 5.84. The van der Waals surface area contributed by atoms with Crippen LogP contribution in [0.25, 0.3) is 10.8 Å². The molecule has 0 atom stereocenters. The highest BCUT2D eigenvalue weighted by atomic mass is 16.5. The van der Waals surface area contributed by atoms with Gasteiger partial charge in [-0.25, -0.2) is 9.48 Å². The number of benzene rings is 2. The van der Waals surface area contributed by atoms with Crippen molar-refractivity contribution in [1.82, 2.24) is 9.78 Å². The molecular formula is C21H20N2O5. The minimum Gasteiger partial charge on any atom is -0.494 e. The number of hydrogen-bond acceptors (Lipinski definition) is 6. The molecule has 1 heterocycles. The van der Waals surface area contributed by atoms with Crippen LogP contribution < -0.4 is 10.3 Å². The molecule has 0 aliphatic carbocycles. The summed E-state index contributed by atoms with van der Waals surface area (Å²) in [4.78, 5) is 37.2. The van der Waals surface area contributed by atoms with E-state index in [0.717, 1.165) is 0 Å². The first-order valence-corrected chi connectivity index (χ1v) is 8.98. The third-order valence-electron chi connectivity index (χ3n) is 4.18. The lowest BCUT2D eigenvalue weighted by atomic mass is 10.1. The maximum absolute atomic E-state index is 12.5. The Labute approximate surface area is 161 Å². The van der Waals surface area contributed by atoms with Crippen molar-refractivity contribution >= 4 is 22.5 Å². The van der Waals surface area contributed by atoms with Crippen molar-refractivity contribution in [2.45, 2.75) is 20.4 Å². The van der Waals surface area contributed by atoms with Crippen LogP contribution in [0.1, 0.15) is 34.7 Å². The first-order valence-electron chi connectivity index (χ1n) is 8.98. The quantitative estimate of drug-likeness (QED) is 0.463. The normalized spacial score (nSPS) is 10.6. The largest absolute Gasteiger partial charge is 0.494 e. The van der Waals surface area contributed by atoms with Crippen molar-refractivity contribution in [1.29, 1.82) is 0 Å². The molecule has 0 fully saturated rings. The molecule has 28 heavy (non-hydrogen) atoms. The van der Waals surface area contributed by atoms with E-state index in [4.69, 9.17) is 9.47 Å². The Bertz CT molecular complexity index is 1070. The van der Waals surface area contributed by atoms with Crippen LogP contribution in [0.5, 0.6) is 5.75 Å². The minimum absolute atomic E-state index is 0.0107. The number of aromatic nitrogens is 2. The fourth-order valence-electron chi connectivity index (χ4n) is 2.79. The van der Waals surface area contributed by atoms with Gasteiger partial charge < -0.3 is 9.47 Å². The number of carbonyl (C=O) groups is 2. The van der Waals surface area contributed by atoms with Gasteiger partial charge in [-0.15, -0.1) is 0 Å². The summed E-state index contributed by atoms with van der Waals surface area (Å²) >= 11 is 0. The lowest BCUT2D eigenvalue weighted by Gasteiger charge is -2.09. The van der Waals surface area contributed by atoms with E-state index in [1.165, 1.54) is 4.68 Å². The topological polar surface area (TPSA) is 87.5 Å². The van der Waals surface area contributed by atoms with Crippen LogP contribution in [0.2, 0.25) is 0 Å². The summed E-state index contributed by atoms with van der Waals surface area (Å²) in [6, 6.07) is 13.3. The summed E-state index contributed by atoms with van der Waals surface area (Å²) in [7, 11) is 0. The smallest absolute Gasteiger partial charge is 0.359 e. The van der Waals surface area contributed by atoms with Crippen LogP contribution in [-0.2, 0) is 11.3 Å². The van der Waals surface area contributed by atoms with Crippen molar-refractivity contribution < 1.29 is 19.1 Å². The van der Waals surface area contributed by atoms with Crippen molar-refractivity contribution in [3.8, 4) is 5.75 Å². The molecular weight excluding hydrogens is 360 g/mol. The minimum atomic E-state index is -0.752. The molecule has 0 amide bonds. The van der Waals surface area contributed by atoms with E-state index in [0.29, 0.717) is 35.2 Å². The van der Waals surface area contributed by atoms with Gasteiger partial charge in [0.2, 0.25) is 0 Å². The molecule has 144 valence electrons. The van der Waals surface area contributed by atoms with Gasteiger partial charge in [-0.1, -0.05) is 18.2 Å². The molecule has 0 spiro atoms. The molecule has 0 N–H and O–H groups in total. The van der Waals surface area contributed by atoms with E-state index < -0.39 is 12.6 Å². The van der Waals surface area contributed by atoms with Crippen LogP contribution >= 0.6 is 0 Å². The third kappa shape index (κ3) is 3.93. The number of Topliss-reactive ketones (excluding diaryl/α,β-unsaturated/α-hetero) is 1. The molecule has 1 aromatic heterocycles. The van der Waals surface area contributed by atoms with E-state index in [2.05, 4.69) is 5.10 Å². The summed E-state index contributed by atoms with van der Waals surface area (Å²) in [5, 5.41) is 4.88. The maximum Gasteiger partial charge on any atom is 0.359 e. The lowest BCUT2D eigenvalue weighted by molar-refractivity contribution is 0.0468. The lowest BCUT2D eigenvalue weighted by Crippen LogP contribution is -2.26. The van der Waals surface area contributed by atoms with Gasteiger partial charge in [-0.3, -0.25) is 9.59 Å². The van der Waals surface area contributed by atoms with Gasteiger partial charge in [-0.05, 0) is 44.2 Å². The zero-order valence-electron chi connectivity index (χ0n) is 15.7. The van der Waals surface area contributed by atoms with Crippen LogP contribution in [0.15, 0.2) is 53.3 Å². The first-order chi connectivity index (χ1) is 13.5. The molecule has 3 rings (SSSR count). The molecule has 2 aromatic carbocycles. The monoisotopic (exact) mass is 380 g/mol. The summed E-state index contributed by atoms with van der Waals surface area (Å²) in [6.45, 7) is 4.06. The number of aryl methyl sites for hydroxylation is 1. The van der Waals surface area contributed by atoms with Gasteiger partial charge in [0.05, 0.1) is 12.0 Å². The Hall–Kier alpha value is -3.48. The highest BCUT2D eigenvalue weighted by Crippen LogP contribution is 2.15. The van der Waals surface area contributed by atoms with E-state index in [1.807, 2.05) is 6.92 Å². The van der Waals surface area contributed by atoms with Crippen LogP contribution in [0.4, 0.5) is 0 Å². The number of hydrogen-bond donors (Lipinski definition) is 0. The number of rotatable bonds is 7. The molecule has 0 saturated heterocycles. The Balaban J connectivity index is 1.79. The van der Waals surface area contributed by atoms with E-state index in [-0.39, 0.29) is 17.0 Å². The standard InChI is InChI=1S/C21H20N2O5/c1-3-23-20(25)17-8-6-5-7-16(17)19(22-23)21(26)28-13-18(24)14-9-11-15(12-10-14)27-4-2/h5-12H,3-4,13H2,1-2H3. The number of ketones is 1. The molecule has 0 saturated carbocycles. The number of fused-ring (bicyclic) bond motifs is 1. The van der Waals surface area contributed by atoms with E-state index >= 15 is 0 Å². The second-order valence-electron chi connectivity index (χ2n) is 5.97. The Morgan fingerprint density at radius 1 is 1.00 bits per heavy atom. The van der Waals surface area contributed by atoms with Crippen molar-refractivity contribution in [3.63, 3.8) is 0 Å². The van der Waals surface area contributed by atoms with Gasteiger partial charge in [0.25, 0.3) is 5.56 Å². The van der Waals surface area contributed by atoms with Crippen molar-refractivity contribution in [2.24, 2.45) is 0 Å². The number of carbonyl (C=O) groups excluding carboxylic acids is 2. The molecule has 0 aliphatic heterocycles. The summed E-state index contributed by atoms with van der Waals surface area (Å²) < 4.78 is 11.7. The van der Waals surface area contributed by atoms with Gasteiger partial charge in [0, 0.05) is 17.5 Å². The van der Waals surface area contributed by atoms with Gasteiger partial charge in [-0.2, -0.15) is 5.10 Å².